The standard InChI is InChI=1S/C20H12Cl2N2O4/c21-13-6-8-17(22)15(10-13)20(26)23-18-9-7-14(24(27)28)11-16(18)19(25)12-4-2-1-3-5-12/h1-11H,(H,23,26). The van der Waals surface area contributed by atoms with Crippen LogP contribution in [0.3, 0.4) is 0 Å². The van der Waals surface area contributed by atoms with Crippen LogP contribution in [0.5, 0.6) is 0 Å². The molecule has 3 aromatic rings. The second-order valence-electron chi connectivity index (χ2n) is 5.76. The molecule has 140 valence electrons. The number of carbonyl (C=O) groups is 2. The van der Waals surface area contributed by atoms with Crippen LogP contribution in [-0.2, 0) is 0 Å². The number of rotatable bonds is 5. The van der Waals surface area contributed by atoms with Gasteiger partial charge >= 0.3 is 0 Å². The first-order valence-electron chi connectivity index (χ1n) is 8.01. The molecule has 0 radical (unpaired) electrons. The van der Waals surface area contributed by atoms with Crippen molar-refractivity contribution >= 4 is 46.3 Å². The van der Waals surface area contributed by atoms with Crippen LogP contribution in [0, 0.1) is 10.1 Å². The van der Waals surface area contributed by atoms with E-state index in [2.05, 4.69) is 5.32 Å². The summed E-state index contributed by atoms with van der Waals surface area (Å²) in [6.45, 7) is 0. The number of nitro groups is 1. The van der Waals surface area contributed by atoms with Crippen molar-refractivity contribution in [2.24, 2.45) is 0 Å². The first kappa shape index (κ1) is 19.5. The van der Waals surface area contributed by atoms with Crippen LogP contribution >= 0.6 is 23.2 Å². The number of carbonyl (C=O) groups excluding carboxylic acids is 2. The fraction of sp³-hybridized carbons (Fsp3) is 0. The molecule has 0 saturated heterocycles. The van der Waals surface area contributed by atoms with Gasteiger partial charge in [0, 0.05) is 22.7 Å². The second-order valence-corrected chi connectivity index (χ2v) is 6.60. The third kappa shape index (κ3) is 4.19. The van der Waals surface area contributed by atoms with Gasteiger partial charge in [0.05, 0.1) is 26.8 Å². The van der Waals surface area contributed by atoms with E-state index in [1.165, 1.54) is 30.3 Å². The van der Waals surface area contributed by atoms with Crippen molar-refractivity contribution in [3.63, 3.8) is 0 Å². The lowest BCUT2D eigenvalue weighted by Crippen LogP contribution is -2.16. The van der Waals surface area contributed by atoms with Crippen LogP contribution in [0.25, 0.3) is 0 Å². The number of benzene rings is 3. The Kier molecular flexibility index (Phi) is 5.73. The first-order chi connectivity index (χ1) is 13.4. The normalized spacial score (nSPS) is 10.4. The highest BCUT2D eigenvalue weighted by Gasteiger charge is 2.20. The molecule has 6 nitrogen and oxygen atoms in total. The quantitative estimate of drug-likeness (QED) is 0.344. The highest BCUT2D eigenvalue weighted by molar-refractivity contribution is 6.36. The van der Waals surface area contributed by atoms with Crippen LogP contribution < -0.4 is 5.32 Å². The molecule has 1 N–H and O–H groups in total. The van der Waals surface area contributed by atoms with E-state index in [1.54, 1.807) is 30.3 Å². The van der Waals surface area contributed by atoms with Gasteiger partial charge in [-0.05, 0) is 24.3 Å². The Bertz CT molecular complexity index is 1080. The summed E-state index contributed by atoms with van der Waals surface area (Å²) >= 11 is 12.0. The summed E-state index contributed by atoms with van der Waals surface area (Å²) in [5.41, 5.74) is 0.301. The molecule has 3 aromatic carbocycles. The van der Waals surface area contributed by atoms with E-state index < -0.39 is 16.6 Å². The smallest absolute Gasteiger partial charge is 0.270 e. The van der Waals surface area contributed by atoms with E-state index in [0.29, 0.717) is 10.6 Å². The van der Waals surface area contributed by atoms with Gasteiger partial charge in [-0.2, -0.15) is 0 Å². The molecule has 0 aliphatic carbocycles. The third-order valence-corrected chi connectivity index (χ3v) is 4.48. The van der Waals surface area contributed by atoms with Crippen molar-refractivity contribution in [3.8, 4) is 0 Å². The maximum Gasteiger partial charge on any atom is 0.270 e. The Morgan fingerprint density at radius 1 is 0.893 bits per heavy atom. The largest absolute Gasteiger partial charge is 0.321 e. The van der Waals surface area contributed by atoms with Crippen molar-refractivity contribution < 1.29 is 14.5 Å². The highest BCUT2D eigenvalue weighted by Crippen LogP contribution is 2.27. The Labute approximate surface area is 169 Å². The van der Waals surface area contributed by atoms with Gasteiger partial charge in [0.2, 0.25) is 0 Å². The van der Waals surface area contributed by atoms with Gasteiger partial charge in [-0.25, -0.2) is 0 Å². The van der Waals surface area contributed by atoms with E-state index >= 15 is 0 Å². The van der Waals surface area contributed by atoms with Gasteiger partial charge < -0.3 is 5.32 Å². The summed E-state index contributed by atoms with van der Waals surface area (Å²) in [5, 5.41) is 14.2. The average Bonchev–Trinajstić information content (AvgIpc) is 2.70. The molecule has 0 heterocycles. The molecular formula is C20H12Cl2N2O4. The van der Waals surface area contributed by atoms with E-state index in [0.717, 1.165) is 6.07 Å². The molecule has 8 heteroatoms. The molecule has 0 fully saturated rings. The lowest BCUT2D eigenvalue weighted by molar-refractivity contribution is -0.384. The van der Waals surface area contributed by atoms with E-state index in [1.807, 2.05) is 0 Å². The summed E-state index contributed by atoms with van der Waals surface area (Å²) in [6, 6.07) is 16.3. The van der Waals surface area contributed by atoms with Gasteiger partial charge in [-0.15, -0.1) is 0 Å². The minimum atomic E-state index is -0.610. The summed E-state index contributed by atoms with van der Waals surface area (Å²) in [4.78, 5) is 36.0. The molecule has 1 amide bonds. The molecule has 0 aromatic heterocycles. The maximum atomic E-state index is 12.9. The zero-order valence-corrected chi connectivity index (χ0v) is 15.7. The molecule has 0 spiro atoms. The van der Waals surface area contributed by atoms with E-state index in [4.69, 9.17) is 23.2 Å². The fourth-order valence-corrected chi connectivity index (χ4v) is 2.92. The Morgan fingerprint density at radius 3 is 2.29 bits per heavy atom. The molecule has 0 unspecified atom stereocenters. The van der Waals surface area contributed by atoms with Crippen LogP contribution in [0.15, 0.2) is 66.7 Å². The van der Waals surface area contributed by atoms with Crippen molar-refractivity contribution in [1.29, 1.82) is 0 Å². The second kappa shape index (κ2) is 8.21. The number of non-ortho nitro benzene ring substituents is 1. The average molecular weight is 415 g/mol. The zero-order chi connectivity index (χ0) is 20.3. The third-order valence-electron chi connectivity index (χ3n) is 3.92. The first-order valence-corrected chi connectivity index (χ1v) is 8.77. The minimum absolute atomic E-state index is 0.00750. The Hall–Kier alpha value is -3.22. The molecule has 3 rings (SSSR count). The van der Waals surface area contributed by atoms with Crippen LogP contribution in [-0.4, -0.2) is 16.6 Å². The fourth-order valence-electron chi connectivity index (χ4n) is 2.55. The van der Waals surface area contributed by atoms with Crippen molar-refractivity contribution in [2.45, 2.75) is 0 Å². The van der Waals surface area contributed by atoms with Gasteiger partial charge in [-0.1, -0.05) is 53.5 Å². The number of ketones is 1. The van der Waals surface area contributed by atoms with Gasteiger partial charge in [0.1, 0.15) is 0 Å². The van der Waals surface area contributed by atoms with Gasteiger partial charge in [0.15, 0.2) is 5.78 Å². The highest BCUT2D eigenvalue weighted by atomic mass is 35.5. The lowest BCUT2D eigenvalue weighted by atomic mass is 10.0. The molecule has 28 heavy (non-hydrogen) atoms. The number of hydrogen-bond acceptors (Lipinski definition) is 4. The number of amides is 1. The Balaban J connectivity index is 2.03. The van der Waals surface area contributed by atoms with Crippen LogP contribution in [0.2, 0.25) is 10.0 Å². The summed E-state index contributed by atoms with van der Waals surface area (Å²) in [6.07, 6.45) is 0. The number of nitrogens with zero attached hydrogens (tertiary/aromatic N) is 1. The maximum absolute atomic E-state index is 12.9. The van der Waals surface area contributed by atoms with E-state index in [-0.39, 0.29) is 27.5 Å². The molecule has 0 aliphatic rings. The molecule has 0 atom stereocenters. The van der Waals surface area contributed by atoms with Gasteiger partial charge in [-0.3, -0.25) is 19.7 Å². The van der Waals surface area contributed by atoms with Crippen LogP contribution in [0.4, 0.5) is 11.4 Å². The monoisotopic (exact) mass is 414 g/mol. The number of anilines is 1. The molecular weight excluding hydrogens is 403 g/mol. The predicted molar refractivity (Wildman–Crippen MR) is 107 cm³/mol. The number of halogens is 2. The van der Waals surface area contributed by atoms with Crippen molar-refractivity contribution in [1.82, 2.24) is 0 Å². The molecule has 0 saturated carbocycles. The predicted octanol–water partition coefficient (Wildman–Crippen LogP) is 5.38. The summed E-state index contributed by atoms with van der Waals surface area (Å²) in [5.74, 6) is -1.06. The van der Waals surface area contributed by atoms with Crippen LogP contribution in [0.1, 0.15) is 26.3 Å². The Morgan fingerprint density at radius 2 is 1.61 bits per heavy atom. The summed E-state index contributed by atoms with van der Waals surface area (Å²) in [7, 11) is 0. The lowest BCUT2D eigenvalue weighted by Gasteiger charge is -2.12. The van der Waals surface area contributed by atoms with E-state index in [9.17, 15) is 19.7 Å². The molecule has 0 bridgehead atoms. The summed E-state index contributed by atoms with van der Waals surface area (Å²) < 4.78 is 0. The van der Waals surface area contributed by atoms with Crippen molar-refractivity contribution in [2.75, 3.05) is 5.32 Å². The van der Waals surface area contributed by atoms with Crippen molar-refractivity contribution in [3.05, 3.63) is 104 Å². The zero-order valence-electron chi connectivity index (χ0n) is 14.2. The number of hydrogen-bond donors (Lipinski definition) is 1. The number of nitrogens with one attached hydrogen (secondary N) is 1. The SMILES string of the molecule is O=C(Nc1ccc([N+](=O)[O-])cc1C(=O)c1ccccc1)c1cc(Cl)ccc1Cl. The number of nitro benzene ring substituents is 1. The minimum Gasteiger partial charge on any atom is -0.321 e. The van der Waals surface area contributed by atoms with Gasteiger partial charge in [0.25, 0.3) is 11.6 Å². The molecule has 0 aliphatic heterocycles. The topological polar surface area (TPSA) is 89.3 Å².